The number of benzene rings is 1. The Bertz CT molecular complexity index is 1060. The van der Waals surface area contributed by atoms with Gasteiger partial charge >= 0.3 is 0 Å². The molecule has 0 aliphatic carbocycles. The molecule has 32 heavy (non-hydrogen) atoms. The largest absolute Gasteiger partial charge is 0.336 e. The number of hydrogen-bond donors (Lipinski definition) is 1. The van der Waals surface area contributed by atoms with Crippen LogP contribution >= 0.6 is 11.8 Å². The number of anilines is 1. The third-order valence-electron chi connectivity index (χ3n) is 5.17. The Balaban J connectivity index is 1.28. The second kappa shape index (κ2) is 10.4. The zero-order valence-corrected chi connectivity index (χ0v) is 18.7. The average molecular weight is 452 g/mol. The van der Waals surface area contributed by atoms with Gasteiger partial charge in [0.15, 0.2) is 5.16 Å². The molecule has 1 fully saturated rings. The van der Waals surface area contributed by atoms with Crippen LogP contribution in [0.25, 0.3) is 0 Å². The van der Waals surface area contributed by atoms with E-state index in [9.17, 15) is 9.59 Å². The number of rotatable bonds is 7. The molecule has 3 aromatic rings. The van der Waals surface area contributed by atoms with E-state index in [0.717, 1.165) is 25.3 Å². The van der Waals surface area contributed by atoms with Crippen LogP contribution in [0.15, 0.2) is 60.1 Å². The number of carbonyl (C=O) groups excluding carboxylic acids is 2. The molecule has 0 spiro atoms. The molecule has 1 saturated heterocycles. The summed E-state index contributed by atoms with van der Waals surface area (Å²) in [5.74, 6) is 0.0286. The fraction of sp³-hybridized carbons (Fsp3) is 0.318. The summed E-state index contributed by atoms with van der Waals surface area (Å²) in [6.07, 6.45) is 3.39. The number of pyridine rings is 1. The number of hydrogen-bond acceptors (Lipinski definition) is 7. The van der Waals surface area contributed by atoms with E-state index < -0.39 is 0 Å². The molecular formula is C22H25N7O2S. The van der Waals surface area contributed by atoms with Gasteiger partial charge < -0.3 is 14.8 Å². The molecule has 2 amide bonds. The Labute approximate surface area is 190 Å². The van der Waals surface area contributed by atoms with Crippen LogP contribution in [0.3, 0.4) is 0 Å². The Morgan fingerprint density at radius 2 is 1.94 bits per heavy atom. The topological polar surface area (TPSA) is 96.2 Å². The third kappa shape index (κ3) is 5.71. The van der Waals surface area contributed by atoms with Crippen molar-refractivity contribution in [2.24, 2.45) is 7.05 Å². The summed E-state index contributed by atoms with van der Waals surface area (Å²) in [4.78, 5) is 33.8. The van der Waals surface area contributed by atoms with Crippen molar-refractivity contribution in [1.82, 2.24) is 29.5 Å². The normalized spacial score (nSPS) is 14.3. The van der Waals surface area contributed by atoms with Crippen LogP contribution in [-0.2, 0) is 18.4 Å². The Morgan fingerprint density at radius 3 is 2.66 bits per heavy atom. The zero-order valence-electron chi connectivity index (χ0n) is 17.8. The van der Waals surface area contributed by atoms with Gasteiger partial charge in [-0.3, -0.25) is 19.5 Å². The van der Waals surface area contributed by atoms with E-state index in [0.29, 0.717) is 29.5 Å². The van der Waals surface area contributed by atoms with Gasteiger partial charge in [0.1, 0.15) is 6.33 Å². The summed E-state index contributed by atoms with van der Waals surface area (Å²) in [6, 6.07) is 13.0. The molecule has 0 atom stereocenters. The Morgan fingerprint density at radius 1 is 1.09 bits per heavy atom. The SMILES string of the molecule is Cn1cnnc1SCC(=O)Nc1cccc(C(=O)N2CCN(Cc3ccccn3)CC2)c1. The molecule has 1 aromatic carbocycles. The molecule has 1 aliphatic rings. The van der Waals surface area contributed by atoms with Crippen LogP contribution < -0.4 is 5.32 Å². The minimum absolute atomic E-state index is 0.0213. The molecule has 10 heteroatoms. The molecule has 0 unspecified atom stereocenters. The third-order valence-corrected chi connectivity index (χ3v) is 6.20. The number of aromatic nitrogens is 4. The first-order valence-corrected chi connectivity index (χ1v) is 11.4. The van der Waals surface area contributed by atoms with Gasteiger partial charge in [0.25, 0.3) is 5.91 Å². The van der Waals surface area contributed by atoms with Crippen molar-refractivity contribution in [1.29, 1.82) is 0 Å². The first kappa shape index (κ1) is 22.0. The highest BCUT2D eigenvalue weighted by Crippen LogP contribution is 2.17. The van der Waals surface area contributed by atoms with E-state index in [-0.39, 0.29) is 17.6 Å². The van der Waals surface area contributed by atoms with Gasteiger partial charge in [0.2, 0.25) is 5.91 Å². The molecule has 1 N–H and O–H groups in total. The number of thioether (sulfide) groups is 1. The first-order valence-electron chi connectivity index (χ1n) is 10.4. The average Bonchev–Trinajstić information content (AvgIpc) is 3.23. The lowest BCUT2D eigenvalue weighted by molar-refractivity contribution is -0.113. The Hall–Kier alpha value is -3.24. The number of nitrogens with one attached hydrogen (secondary N) is 1. The van der Waals surface area contributed by atoms with E-state index in [2.05, 4.69) is 25.4 Å². The number of aryl methyl sites for hydroxylation is 1. The molecule has 166 valence electrons. The molecular weight excluding hydrogens is 426 g/mol. The van der Waals surface area contributed by atoms with Crippen LogP contribution in [0.1, 0.15) is 16.1 Å². The summed E-state index contributed by atoms with van der Waals surface area (Å²) >= 11 is 1.31. The maximum absolute atomic E-state index is 13.0. The van der Waals surface area contributed by atoms with Gasteiger partial charge in [-0.1, -0.05) is 23.9 Å². The summed E-state index contributed by atoms with van der Waals surface area (Å²) < 4.78 is 1.76. The predicted octanol–water partition coefficient (Wildman–Crippen LogP) is 1.90. The number of piperazine rings is 1. The highest BCUT2D eigenvalue weighted by molar-refractivity contribution is 7.99. The number of nitrogens with zero attached hydrogens (tertiary/aromatic N) is 6. The molecule has 0 radical (unpaired) electrons. The molecule has 3 heterocycles. The standard InChI is InChI=1S/C22H25N7O2S/c1-27-16-24-26-22(27)32-15-20(30)25-18-7-4-5-17(13-18)21(31)29-11-9-28(10-12-29)14-19-6-2-3-8-23-19/h2-8,13,16H,9-12,14-15H2,1H3,(H,25,30). The Kier molecular flexibility index (Phi) is 7.13. The minimum atomic E-state index is -0.161. The van der Waals surface area contributed by atoms with Crippen molar-refractivity contribution in [3.63, 3.8) is 0 Å². The maximum Gasteiger partial charge on any atom is 0.254 e. The molecule has 1 aliphatic heterocycles. The number of amides is 2. The van der Waals surface area contributed by atoms with Gasteiger partial charge in [0.05, 0.1) is 11.4 Å². The van der Waals surface area contributed by atoms with E-state index in [1.54, 1.807) is 41.4 Å². The monoisotopic (exact) mass is 451 g/mol. The van der Waals surface area contributed by atoms with Gasteiger partial charge in [-0.15, -0.1) is 10.2 Å². The van der Waals surface area contributed by atoms with Crippen molar-refractivity contribution in [2.75, 3.05) is 37.2 Å². The highest BCUT2D eigenvalue weighted by atomic mass is 32.2. The van der Waals surface area contributed by atoms with Crippen LogP contribution in [0, 0.1) is 0 Å². The van der Waals surface area contributed by atoms with E-state index in [1.165, 1.54) is 11.8 Å². The smallest absolute Gasteiger partial charge is 0.254 e. The van der Waals surface area contributed by atoms with E-state index in [4.69, 9.17) is 0 Å². The quantitative estimate of drug-likeness (QED) is 0.548. The number of carbonyl (C=O) groups is 2. The van der Waals surface area contributed by atoms with Gasteiger partial charge in [-0.2, -0.15) is 0 Å². The van der Waals surface area contributed by atoms with Crippen molar-refractivity contribution in [2.45, 2.75) is 11.7 Å². The minimum Gasteiger partial charge on any atom is -0.336 e. The van der Waals surface area contributed by atoms with Crippen LogP contribution in [0.2, 0.25) is 0 Å². The van der Waals surface area contributed by atoms with Crippen LogP contribution in [0.5, 0.6) is 0 Å². The lowest BCUT2D eigenvalue weighted by Crippen LogP contribution is -2.48. The van der Waals surface area contributed by atoms with Gasteiger partial charge in [-0.05, 0) is 30.3 Å². The van der Waals surface area contributed by atoms with Crippen molar-refractivity contribution < 1.29 is 9.59 Å². The second-order valence-corrected chi connectivity index (χ2v) is 8.47. The molecule has 0 saturated carbocycles. The van der Waals surface area contributed by atoms with Crippen molar-refractivity contribution in [3.8, 4) is 0 Å². The predicted molar refractivity (Wildman–Crippen MR) is 122 cm³/mol. The summed E-state index contributed by atoms with van der Waals surface area (Å²) in [6.45, 7) is 3.72. The molecule has 2 aromatic heterocycles. The second-order valence-electron chi connectivity index (χ2n) is 7.53. The summed E-state index contributed by atoms with van der Waals surface area (Å²) in [5.41, 5.74) is 2.21. The summed E-state index contributed by atoms with van der Waals surface area (Å²) in [5, 5.41) is 11.3. The van der Waals surface area contributed by atoms with Gasteiger partial charge in [0, 0.05) is 57.2 Å². The fourth-order valence-electron chi connectivity index (χ4n) is 3.47. The summed E-state index contributed by atoms with van der Waals surface area (Å²) in [7, 11) is 1.83. The van der Waals surface area contributed by atoms with E-state index in [1.807, 2.05) is 30.1 Å². The fourth-order valence-corrected chi connectivity index (χ4v) is 4.16. The van der Waals surface area contributed by atoms with E-state index >= 15 is 0 Å². The first-order chi connectivity index (χ1) is 15.6. The highest BCUT2D eigenvalue weighted by Gasteiger charge is 2.22. The lowest BCUT2D eigenvalue weighted by Gasteiger charge is -2.34. The van der Waals surface area contributed by atoms with Crippen molar-refractivity contribution >= 4 is 29.3 Å². The maximum atomic E-state index is 13.0. The van der Waals surface area contributed by atoms with Crippen LogP contribution in [-0.4, -0.2) is 73.3 Å². The molecule has 4 rings (SSSR count). The molecule has 0 bridgehead atoms. The van der Waals surface area contributed by atoms with Crippen molar-refractivity contribution in [3.05, 3.63) is 66.2 Å². The zero-order chi connectivity index (χ0) is 22.3. The van der Waals surface area contributed by atoms with Gasteiger partial charge in [-0.25, -0.2) is 0 Å². The van der Waals surface area contributed by atoms with Crippen LogP contribution in [0.4, 0.5) is 5.69 Å². The molecule has 9 nitrogen and oxygen atoms in total. The lowest BCUT2D eigenvalue weighted by atomic mass is 10.1.